The maximum atomic E-state index is 12.3. The Hall–Kier alpha value is -2.71. The van der Waals surface area contributed by atoms with E-state index in [4.69, 9.17) is 11.6 Å². The van der Waals surface area contributed by atoms with Crippen molar-refractivity contribution in [3.63, 3.8) is 0 Å². The molecule has 0 aliphatic carbocycles. The molecule has 0 fully saturated rings. The summed E-state index contributed by atoms with van der Waals surface area (Å²) in [6.07, 6.45) is 4.03. The van der Waals surface area contributed by atoms with Crippen molar-refractivity contribution < 1.29 is 13.2 Å². The summed E-state index contributed by atoms with van der Waals surface area (Å²) in [4.78, 5) is 16.1. The summed E-state index contributed by atoms with van der Waals surface area (Å²) in [7, 11) is -3.52. The van der Waals surface area contributed by atoms with Crippen molar-refractivity contribution in [3.8, 4) is 5.69 Å². The molecule has 0 bridgehead atoms. The molecule has 7 nitrogen and oxygen atoms in total. The van der Waals surface area contributed by atoms with E-state index in [1.807, 2.05) is 0 Å². The van der Waals surface area contributed by atoms with Gasteiger partial charge in [-0.1, -0.05) is 11.6 Å². The maximum Gasteiger partial charge on any atom is 0.255 e. The molecule has 0 aliphatic rings. The highest BCUT2D eigenvalue weighted by Gasteiger charge is 2.16. The van der Waals surface area contributed by atoms with Crippen LogP contribution in [0.15, 0.2) is 60.0 Å². The topological polar surface area (TPSA) is 94.0 Å². The van der Waals surface area contributed by atoms with Crippen molar-refractivity contribution in [1.82, 2.24) is 14.8 Å². The number of amides is 1. The molecule has 0 saturated heterocycles. The molecule has 128 valence electrons. The average molecular weight is 377 g/mol. The number of hydrogen-bond donors (Lipinski definition) is 1. The quantitative estimate of drug-likeness (QED) is 0.755. The first-order valence-electron chi connectivity index (χ1n) is 7.10. The van der Waals surface area contributed by atoms with Gasteiger partial charge in [-0.25, -0.2) is 18.1 Å². The van der Waals surface area contributed by atoms with E-state index in [9.17, 15) is 13.2 Å². The van der Waals surface area contributed by atoms with Gasteiger partial charge in [-0.2, -0.15) is 5.10 Å². The average Bonchev–Trinajstić information content (AvgIpc) is 3.09. The number of anilines is 1. The summed E-state index contributed by atoms with van der Waals surface area (Å²) in [6.45, 7) is 0. The van der Waals surface area contributed by atoms with Crippen LogP contribution in [0.3, 0.4) is 0 Å². The lowest BCUT2D eigenvalue weighted by molar-refractivity contribution is 0.102. The van der Waals surface area contributed by atoms with Crippen molar-refractivity contribution >= 4 is 33.0 Å². The Morgan fingerprint density at radius 2 is 1.88 bits per heavy atom. The van der Waals surface area contributed by atoms with Crippen LogP contribution >= 0.6 is 11.6 Å². The van der Waals surface area contributed by atoms with Crippen LogP contribution in [0, 0.1) is 0 Å². The highest BCUT2D eigenvalue weighted by molar-refractivity contribution is 7.90. The predicted octanol–water partition coefficient (Wildman–Crippen LogP) is 2.58. The SMILES string of the molecule is CS(=O)(=O)c1cc(C(=O)Nc2ccc(-n3cncn3)cc2)ccc1Cl. The zero-order valence-electron chi connectivity index (χ0n) is 13.0. The molecular formula is C16H13ClN4O3S. The molecule has 0 atom stereocenters. The van der Waals surface area contributed by atoms with Crippen molar-refractivity contribution in [2.45, 2.75) is 4.90 Å². The van der Waals surface area contributed by atoms with Crippen molar-refractivity contribution in [2.24, 2.45) is 0 Å². The van der Waals surface area contributed by atoms with Crippen LogP contribution in [0.4, 0.5) is 5.69 Å². The van der Waals surface area contributed by atoms with E-state index in [0.717, 1.165) is 11.9 Å². The molecule has 9 heteroatoms. The van der Waals surface area contributed by atoms with Gasteiger partial charge < -0.3 is 5.32 Å². The van der Waals surface area contributed by atoms with E-state index in [1.165, 1.54) is 24.5 Å². The molecular weight excluding hydrogens is 364 g/mol. The Kier molecular flexibility index (Phi) is 4.56. The first kappa shape index (κ1) is 17.1. The Labute approximate surface area is 149 Å². The van der Waals surface area contributed by atoms with Gasteiger partial charge in [0.1, 0.15) is 12.7 Å². The van der Waals surface area contributed by atoms with Crippen LogP contribution in [0.25, 0.3) is 5.69 Å². The van der Waals surface area contributed by atoms with Crippen molar-refractivity contribution in [3.05, 3.63) is 65.7 Å². The summed E-state index contributed by atoms with van der Waals surface area (Å²) in [5.74, 6) is -0.435. The van der Waals surface area contributed by atoms with E-state index in [2.05, 4.69) is 15.4 Å². The number of carbonyl (C=O) groups excluding carboxylic acids is 1. The predicted molar refractivity (Wildman–Crippen MR) is 93.9 cm³/mol. The van der Waals surface area contributed by atoms with Crippen LogP contribution < -0.4 is 5.32 Å². The Morgan fingerprint density at radius 3 is 2.48 bits per heavy atom. The summed E-state index contributed by atoms with van der Waals surface area (Å²) in [6, 6.07) is 11.1. The van der Waals surface area contributed by atoms with Gasteiger partial charge in [0.15, 0.2) is 9.84 Å². The van der Waals surface area contributed by atoms with E-state index >= 15 is 0 Å². The lowest BCUT2D eigenvalue weighted by Crippen LogP contribution is -2.13. The molecule has 0 unspecified atom stereocenters. The van der Waals surface area contributed by atoms with Gasteiger partial charge >= 0.3 is 0 Å². The van der Waals surface area contributed by atoms with Crippen LogP contribution in [0.2, 0.25) is 5.02 Å². The second-order valence-electron chi connectivity index (χ2n) is 5.26. The monoisotopic (exact) mass is 376 g/mol. The van der Waals surface area contributed by atoms with Crippen molar-refractivity contribution in [1.29, 1.82) is 0 Å². The number of rotatable bonds is 4. The lowest BCUT2D eigenvalue weighted by Gasteiger charge is -2.08. The second-order valence-corrected chi connectivity index (χ2v) is 7.65. The summed E-state index contributed by atoms with van der Waals surface area (Å²) < 4.78 is 25.0. The molecule has 25 heavy (non-hydrogen) atoms. The van der Waals surface area contributed by atoms with Crippen LogP contribution in [-0.2, 0) is 9.84 Å². The largest absolute Gasteiger partial charge is 0.322 e. The first-order chi connectivity index (χ1) is 11.8. The second kappa shape index (κ2) is 6.66. The summed E-state index contributed by atoms with van der Waals surface area (Å²) in [5, 5.41) is 6.80. The number of halogens is 1. The molecule has 1 aromatic heterocycles. The third kappa shape index (κ3) is 3.86. The van der Waals surface area contributed by atoms with E-state index in [-0.39, 0.29) is 15.5 Å². The smallest absolute Gasteiger partial charge is 0.255 e. The molecule has 1 amide bonds. The van der Waals surface area contributed by atoms with Gasteiger partial charge in [0.05, 0.1) is 15.6 Å². The van der Waals surface area contributed by atoms with E-state index < -0.39 is 15.7 Å². The van der Waals surface area contributed by atoms with Gasteiger partial charge in [-0.3, -0.25) is 4.79 Å². The molecule has 3 aromatic rings. The molecule has 1 heterocycles. The summed E-state index contributed by atoms with van der Waals surface area (Å²) in [5.41, 5.74) is 1.55. The number of aromatic nitrogens is 3. The number of benzene rings is 2. The Balaban J connectivity index is 1.81. The highest BCUT2D eigenvalue weighted by atomic mass is 35.5. The zero-order valence-corrected chi connectivity index (χ0v) is 14.6. The first-order valence-corrected chi connectivity index (χ1v) is 9.37. The summed E-state index contributed by atoms with van der Waals surface area (Å²) >= 11 is 5.89. The van der Waals surface area contributed by atoms with E-state index in [0.29, 0.717) is 5.69 Å². The van der Waals surface area contributed by atoms with Gasteiger partial charge in [0.2, 0.25) is 0 Å². The minimum absolute atomic E-state index is 0.0798. The molecule has 3 rings (SSSR count). The molecule has 2 aromatic carbocycles. The molecule has 0 spiro atoms. The number of hydrogen-bond acceptors (Lipinski definition) is 5. The van der Waals surface area contributed by atoms with Crippen molar-refractivity contribution in [2.75, 3.05) is 11.6 Å². The minimum atomic E-state index is -3.52. The highest BCUT2D eigenvalue weighted by Crippen LogP contribution is 2.23. The standard InChI is InChI=1S/C16H13ClN4O3S/c1-25(23,24)15-8-11(2-7-14(15)17)16(22)20-12-3-5-13(6-4-12)21-10-18-9-19-21/h2-10H,1H3,(H,20,22). The third-order valence-electron chi connectivity index (χ3n) is 3.40. The maximum absolute atomic E-state index is 12.3. The Bertz CT molecular complexity index is 1020. The molecule has 0 aliphatic heterocycles. The fourth-order valence-corrected chi connectivity index (χ4v) is 3.47. The lowest BCUT2D eigenvalue weighted by atomic mass is 10.2. The van der Waals surface area contributed by atoms with Gasteiger partial charge in [-0.15, -0.1) is 0 Å². The number of nitrogens with zero attached hydrogens (tertiary/aromatic N) is 3. The molecule has 0 saturated carbocycles. The van der Waals surface area contributed by atoms with Gasteiger partial charge in [0, 0.05) is 17.5 Å². The fourth-order valence-electron chi connectivity index (χ4n) is 2.17. The zero-order chi connectivity index (χ0) is 18.0. The third-order valence-corrected chi connectivity index (χ3v) is 4.98. The van der Waals surface area contributed by atoms with Gasteiger partial charge in [0.25, 0.3) is 5.91 Å². The van der Waals surface area contributed by atoms with E-state index in [1.54, 1.807) is 35.3 Å². The number of nitrogens with one attached hydrogen (secondary N) is 1. The Morgan fingerprint density at radius 1 is 1.16 bits per heavy atom. The fraction of sp³-hybridized carbons (Fsp3) is 0.0625. The van der Waals surface area contributed by atoms with Crippen LogP contribution in [0.5, 0.6) is 0 Å². The minimum Gasteiger partial charge on any atom is -0.322 e. The van der Waals surface area contributed by atoms with Gasteiger partial charge in [-0.05, 0) is 42.5 Å². The molecule has 1 N–H and O–H groups in total. The number of carbonyl (C=O) groups is 1. The normalized spacial score (nSPS) is 11.3. The van der Waals surface area contributed by atoms with Crippen LogP contribution in [0.1, 0.15) is 10.4 Å². The van der Waals surface area contributed by atoms with Crippen LogP contribution in [-0.4, -0.2) is 35.3 Å². The molecule has 0 radical (unpaired) electrons. The number of sulfone groups is 1.